The third-order valence-electron chi connectivity index (χ3n) is 4.73. The van der Waals surface area contributed by atoms with Crippen molar-refractivity contribution in [2.45, 2.75) is 36.6 Å². The van der Waals surface area contributed by atoms with E-state index in [2.05, 4.69) is 5.32 Å². The SMILES string of the molecule is CC12CCC(=O)N1C(C(=O)NCC(C(=O)O)c1ccccc1)CS2. The number of hydrogen-bond donors (Lipinski definition) is 2. The standard InChI is InChI=1S/C17H20N2O4S/c1-17-8-7-14(20)19(17)13(10-24-17)15(21)18-9-12(16(22)23)11-5-3-2-4-6-11/h2-6,12-13H,7-10H2,1H3,(H,18,21)(H,22,23). The molecule has 2 fully saturated rings. The molecule has 1 aromatic carbocycles. The highest BCUT2D eigenvalue weighted by molar-refractivity contribution is 8.01. The maximum atomic E-state index is 12.5. The minimum atomic E-state index is -0.982. The van der Waals surface area contributed by atoms with Crippen molar-refractivity contribution >= 4 is 29.5 Å². The van der Waals surface area contributed by atoms with E-state index in [1.165, 1.54) is 0 Å². The molecule has 6 nitrogen and oxygen atoms in total. The van der Waals surface area contributed by atoms with Crippen LogP contribution in [0.15, 0.2) is 30.3 Å². The fraction of sp³-hybridized carbons (Fsp3) is 0.471. The number of hydrogen-bond acceptors (Lipinski definition) is 4. The monoisotopic (exact) mass is 348 g/mol. The van der Waals surface area contributed by atoms with E-state index in [1.807, 2.05) is 13.0 Å². The molecule has 0 spiro atoms. The zero-order valence-corrected chi connectivity index (χ0v) is 14.2. The molecule has 3 unspecified atom stereocenters. The van der Waals surface area contributed by atoms with Gasteiger partial charge in [0.05, 0.1) is 10.8 Å². The summed E-state index contributed by atoms with van der Waals surface area (Å²) in [6.07, 6.45) is 1.22. The Bertz CT molecular complexity index is 666. The summed E-state index contributed by atoms with van der Waals surface area (Å²) in [5, 5.41) is 12.1. The third-order valence-corrected chi connectivity index (χ3v) is 6.23. The van der Waals surface area contributed by atoms with Crippen LogP contribution in [-0.2, 0) is 14.4 Å². The quantitative estimate of drug-likeness (QED) is 0.840. The molecule has 2 N–H and O–H groups in total. The van der Waals surface area contributed by atoms with Crippen molar-refractivity contribution in [1.82, 2.24) is 10.2 Å². The summed E-state index contributed by atoms with van der Waals surface area (Å²) in [6, 6.07) is 8.32. The Morgan fingerprint density at radius 1 is 1.42 bits per heavy atom. The fourth-order valence-corrected chi connectivity index (χ4v) is 4.80. The number of fused-ring (bicyclic) bond motifs is 1. The van der Waals surface area contributed by atoms with E-state index < -0.39 is 17.9 Å². The maximum Gasteiger partial charge on any atom is 0.312 e. The lowest BCUT2D eigenvalue weighted by Crippen LogP contribution is -2.50. The van der Waals surface area contributed by atoms with Gasteiger partial charge < -0.3 is 15.3 Å². The number of thioether (sulfide) groups is 1. The van der Waals surface area contributed by atoms with Crippen molar-refractivity contribution in [2.24, 2.45) is 0 Å². The average Bonchev–Trinajstić information content (AvgIpc) is 3.05. The molecular formula is C17H20N2O4S. The number of carbonyl (C=O) groups excluding carboxylic acids is 2. The van der Waals surface area contributed by atoms with Gasteiger partial charge in [-0.05, 0) is 18.9 Å². The van der Waals surface area contributed by atoms with Crippen molar-refractivity contribution in [3.8, 4) is 0 Å². The van der Waals surface area contributed by atoms with E-state index in [0.717, 1.165) is 6.42 Å². The number of nitrogens with zero attached hydrogens (tertiary/aromatic N) is 1. The minimum absolute atomic E-state index is 0.000457. The van der Waals surface area contributed by atoms with Gasteiger partial charge >= 0.3 is 5.97 Å². The largest absolute Gasteiger partial charge is 0.481 e. The molecule has 128 valence electrons. The molecule has 2 aliphatic rings. The van der Waals surface area contributed by atoms with Crippen LogP contribution < -0.4 is 5.32 Å². The van der Waals surface area contributed by atoms with Crippen molar-refractivity contribution < 1.29 is 19.5 Å². The first-order valence-corrected chi connectivity index (χ1v) is 8.92. The first kappa shape index (κ1) is 16.8. The Morgan fingerprint density at radius 2 is 2.12 bits per heavy atom. The molecule has 7 heteroatoms. The molecule has 2 amide bonds. The second kappa shape index (κ2) is 6.47. The Kier molecular flexibility index (Phi) is 4.54. The molecule has 0 bridgehead atoms. The van der Waals surface area contributed by atoms with Crippen LogP contribution in [-0.4, -0.2) is 51.0 Å². The molecule has 0 saturated carbocycles. The summed E-state index contributed by atoms with van der Waals surface area (Å²) >= 11 is 1.62. The molecule has 2 saturated heterocycles. The molecule has 2 heterocycles. The Morgan fingerprint density at radius 3 is 2.79 bits per heavy atom. The fourth-order valence-electron chi connectivity index (χ4n) is 3.37. The van der Waals surface area contributed by atoms with Gasteiger partial charge in [0, 0.05) is 18.7 Å². The van der Waals surface area contributed by atoms with Crippen LogP contribution in [0.5, 0.6) is 0 Å². The number of nitrogens with one attached hydrogen (secondary N) is 1. The number of benzene rings is 1. The lowest BCUT2D eigenvalue weighted by atomic mass is 9.99. The van der Waals surface area contributed by atoms with Gasteiger partial charge in [-0.3, -0.25) is 14.4 Å². The molecule has 1 aromatic rings. The van der Waals surface area contributed by atoms with Crippen molar-refractivity contribution in [3.63, 3.8) is 0 Å². The molecular weight excluding hydrogens is 328 g/mol. The van der Waals surface area contributed by atoms with Gasteiger partial charge in [0.25, 0.3) is 0 Å². The first-order chi connectivity index (χ1) is 11.4. The van der Waals surface area contributed by atoms with Gasteiger partial charge in [-0.15, -0.1) is 11.8 Å². The lowest BCUT2D eigenvalue weighted by molar-refractivity contribution is -0.140. The van der Waals surface area contributed by atoms with Crippen LogP contribution in [0.1, 0.15) is 31.2 Å². The van der Waals surface area contributed by atoms with Crippen LogP contribution in [0.4, 0.5) is 0 Å². The van der Waals surface area contributed by atoms with Gasteiger partial charge in [-0.25, -0.2) is 0 Å². The second-order valence-corrected chi connectivity index (χ2v) is 7.81. The summed E-state index contributed by atoms with van der Waals surface area (Å²) in [6.45, 7) is 2.00. The second-order valence-electron chi connectivity index (χ2n) is 6.31. The first-order valence-electron chi connectivity index (χ1n) is 7.94. The number of carboxylic acids is 1. The Labute approximate surface area is 144 Å². The summed E-state index contributed by atoms with van der Waals surface area (Å²) in [4.78, 5) is 37.5. The predicted octanol–water partition coefficient (Wildman–Crippen LogP) is 1.43. The average molecular weight is 348 g/mol. The third kappa shape index (κ3) is 3.00. The molecule has 24 heavy (non-hydrogen) atoms. The number of carboxylic acid groups (broad SMARTS) is 1. The smallest absolute Gasteiger partial charge is 0.312 e. The van der Waals surface area contributed by atoms with Gasteiger partial charge in [-0.1, -0.05) is 30.3 Å². The summed E-state index contributed by atoms with van der Waals surface area (Å²) in [7, 11) is 0. The Hall–Kier alpha value is -2.02. The minimum Gasteiger partial charge on any atom is -0.481 e. The number of aliphatic carboxylic acids is 1. The van der Waals surface area contributed by atoms with Crippen LogP contribution >= 0.6 is 11.8 Å². The van der Waals surface area contributed by atoms with Crippen molar-refractivity contribution in [3.05, 3.63) is 35.9 Å². The predicted molar refractivity (Wildman–Crippen MR) is 90.6 cm³/mol. The van der Waals surface area contributed by atoms with Crippen LogP contribution in [0.3, 0.4) is 0 Å². The van der Waals surface area contributed by atoms with Crippen molar-refractivity contribution in [2.75, 3.05) is 12.3 Å². The van der Waals surface area contributed by atoms with Gasteiger partial charge in [0.15, 0.2) is 0 Å². The van der Waals surface area contributed by atoms with E-state index in [0.29, 0.717) is 17.7 Å². The highest BCUT2D eigenvalue weighted by Gasteiger charge is 2.52. The Balaban J connectivity index is 1.67. The molecule has 3 rings (SSSR count). The highest BCUT2D eigenvalue weighted by atomic mass is 32.2. The van der Waals surface area contributed by atoms with E-state index in [4.69, 9.17) is 0 Å². The van der Waals surface area contributed by atoms with E-state index in [9.17, 15) is 19.5 Å². The zero-order valence-electron chi connectivity index (χ0n) is 13.4. The van der Waals surface area contributed by atoms with E-state index in [1.54, 1.807) is 40.9 Å². The summed E-state index contributed by atoms with van der Waals surface area (Å²) < 4.78 is 0. The van der Waals surface area contributed by atoms with Gasteiger partial charge in [0.2, 0.25) is 11.8 Å². The topological polar surface area (TPSA) is 86.7 Å². The molecule has 0 aliphatic carbocycles. The summed E-state index contributed by atoms with van der Waals surface area (Å²) in [5.74, 6) is -1.50. The normalized spacial score (nSPS) is 27.0. The van der Waals surface area contributed by atoms with Gasteiger partial charge in [-0.2, -0.15) is 0 Å². The molecule has 0 aromatic heterocycles. The maximum absolute atomic E-state index is 12.5. The summed E-state index contributed by atoms with van der Waals surface area (Å²) in [5.41, 5.74) is 0.646. The number of carbonyl (C=O) groups is 3. The van der Waals surface area contributed by atoms with Crippen molar-refractivity contribution in [1.29, 1.82) is 0 Å². The zero-order chi connectivity index (χ0) is 17.3. The van der Waals surface area contributed by atoms with Crippen LogP contribution in [0, 0.1) is 0 Å². The molecule has 0 radical (unpaired) electrons. The molecule has 2 aliphatic heterocycles. The number of rotatable bonds is 5. The number of amides is 2. The van der Waals surface area contributed by atoms with Crippen LogP contribution in [0.25, 0.3) is 0 Å². The van der Waals surface area contributed by atoms with E-state index >= 15 is 0 Å². The molecule has 3 atom stereocenters. The van der Waals surface area contributed by atoms with E-state index in [-0.39, 0.29) is 23.2 Å². The highest BCUT2D eigenvalue weighted by Crippen LogP contribution is 2.47. The van der Waals surface area contributed by atoms with Gasteiger partial charge in [0.1, 0.15) is 6.04 Å². The lowest BCUT2D eigenvalue weighted by Gasteiger charge is -2.30. The van der Waals surface area contributed by atoms with Crippen LogP contribution in [0.2, 0.25) is 0 Å².